The van der Waals surface area contributed by atoms with Crippen molar-refractivity contribution < 1.29 is 4.74 Å². The summed E-state index contributed by atoms with van der Waals surface area (Å²) in [5.41, 5.74) is 4.80. The van der Waals surface area contributed by atoms with Gasteiger partial charge < -0.3 is 4.74 Å². The van der Waals surface area contributed by atoms with Crippen molar-refractivity contribution in [2.45, 2.75) is 26.1 Å². The minimum Gasteiger partial charge on any atom is -0.471 e. The number of rotatable bonds is 5. The molecule has 4 rings (SSSR count). The maximum absolute atomic E-state index is 6.12. The number of pyridine rings is 1. The summed E-state index contributed by atoms with van der Waals surface area (Å²) in [6, 6.07) is 13.7. The van der Waals surface area contributed by atoms with Gasteiger partial charge in [-0.2, -0.15) is 5.10 Å². The van der Waals surface area contributed by atoms with Gasteiger partial charge in [0.25, 0.3) is 0 Å². The number of aromatic nitrogens is 3. The van der Waals surface area contributed by atoms with Crippen molar-refractivity contribution in [2.75, 3.05) is 6.54 Å². The first-order valence-electron chi connectivity index (χ1n) is 8.73. The molecule has 6 heteroatoms. The molecule has 0 atom stereocenters. The second kappa shape index (κ2) is 7.48. The number of hydrogen-bond donors (Lipinski definition) is 0. The van der Waals surface area contributed by atoms with E-state index in [9.17, 15) is 0 Å². The summed E-state index contributed by atoms with van der Waals surface area (Å²) in [5, 5.41) is 5.46. The molecule has 5 nitrogen and oxygen atoms in total. The molecule has 1 aliphatic rings. The summed E-state index contributed by atoms with van der Waals surface area (Å²) in [5.74, 6) is 0.624. The van der Waals surface area contributed by atoms with E-state index in [2.05, 4.69) is 21.0 Å². The maximum Gasteiger partial charge on any atom is 0.213 e. The molecule has 2 aromatic heterocycles. The Morgan fingerprint density at radius 1 is 1.19 bits per heavy atom. The SMILES string of the molecule is Cn1nc(COc2ccccn2)c2c1CCN(Cc1cccc(Cl)c1)C2. The molecular weight excluding hydrogens is 348 g/mol. The van der Waals surface area contributed by atoms with Crippen LogP contribution in [0, 0.1) is 0 Å². The van der Waals surface area contributed by atoms with Crippen LogP contribution in [0.4, 0.5) is 0 Å². The van der Waals surface area contributed by atoms with Crippen molar-refractivity contribution in [3.8, 4) is 5.88 Å². The average Bonchev–Trinajstić information content (AvgIpc) is 2.96. The molecule has 0 bridgehead atoms. The van der Waals surface area contributed by atoms with E-state index in [1.165, 1.54) is 16.8 Å². The third kappa shape index (κ3) is 3.74. The highest BCUT2D eigenvalue weighted by Crippen LogP contribution is 2.25. The summed E-state index contributed by atoms with van der Waals surface area (Å²) in [6.45, 7) is 3.21. The molecule has 0 aliphatic carbocycles. The van der Waals surface area contributed by atoms with E-state index in [-0.39, 0.29) is 0 Å². The fourth-order valence-electron chi connectivity index (χ4n) is 3.44. The quantitative estimate of drug-likeness (QED) is 0.690. The van der Waals surface area contributed by atoms with Crippen LogP contribution in [0.25, 0.3) is 0 Å². The van der Waals surface area contributed by atoms with Gasteiger partial charge in [-0.05, 0) is 23.8 Å². The average molecular weight is 369 g/mol. The van der Waals surface area contributed by atoms with Crippen molar-refractivity contribution in [2.24, 2.45) is 7.05 Å². The number of benzene rings is 1. The second-order valence-electron chi connectivity index (χ2n) is 6.54. The number of nitrogens with zero attached hydrogens (tertiary/aromatic N) is 4. The molecule has 0 amide bonds. The van der Waals surface area contributed by atoms with Crippen LogP contribution < -0.4 is 4.74 Å². The molecular formula is C20H21ClN4O. The van der Waals surface area contributed by atoms with E-state index in [1.807, 2.05) is 48.1 Å². The van der Waals surface area contributed by atoms with Crippen LogP contribution in [0.3, 0.4) is 0 Å². The number of hydrogen-bond acceptors (Lipinski definition) is 4. The molecule has 3 heterocycles. The van der Waals surface area contributed by atoms with Crippen LogP contribution in [0.15, 0.2) is 48.7 Å². The number of fused-ring (bicyclic) bond motifs is 1. The third-order valence-corrected chi connectivity index (χ3v) is 4.93. The zero-order chi connectivity index (χ0) is 17.9. The Hall–Kier alpha value is -2.37. The van der Waals surface area contributed by atoms with E-state index in [0.29, 0.717) is 12.5 Å². The molecule has 0 N–H and O–H groups in total. The summed E-state index contributed by atoms with van der Waals surface area (Å²) >= 11 is 6.12. The molecule has 1 aromatic carbocycles. The van der Waals surface area contributed by atoms with Crippen LogP contribution >= 0.6 is 11.6 Å². The Balaban J connectivity index is 1.48. The highest BCUT2D eigenvalue weighted by Gasteiger charge is 2.24. The van der Waals surface area contributed by atoms with Crippen molar-refractivity contribution in [3.05, 3.63) is 76.2 Å². The van der Waals surface area contributed by atoms with Gasteiger partial charge in [0.1, 0.15) is 12.3 Å². The number of halogens is 1. The summed E-state index contributed by atoms with van der Waals surface area (Å²) in [7, 11) is 2.01. The molecule has 1 aliphatic heterocycles. The molecule has 134 valence electrons. The van der Waals surface area contributed by atoms with Gasteiger partial charge in [0, 0.05) is 61.6 Å². The lowest BCUT2D eigenvalue weighted by Crippen LogP contribution is -2.31. The molecule has 0 unspecified atom stereocenters. The van der Waals surface area contributed by atoms with Crippen LogP contribution in [0.1, 0.15) is 22.5 Å². The van der Waals surface area contributed by atoms with Crippen molar-refractivity contribution >= 4 is 11.6 Å². The predicted octanol–water partition coefficient (Wildman–Crippen LogP) is 3.61. The molecule has 0 spiro atoms. The van der Waals surface area contributed by atoms with Crippen molar-refractivity contribution in [1.82, 2.24) is 19.7 Å². The topological polar surface area (TPSA) is 43.2 Å². The van der Waals surface area contributed by atoms with Gasteiger partial charge in [-0.15, -0.1) is 0 Å². The van der Waals surface area contributed by atoms with Gasteiger partial charge in [-0.1, -0.05) is 29.8 Å². The fraction of sp³-hybridized carbons (Fsp3) is 0.300. The third-order valence-electron chi connectivity index (χ3n) is 4.69. The van der Waals surface area contributed by atoms with E-state index < -0.39 is 0 Å². The first kappa shape index (κ1) is 17.1. The molecule has 0 fully saturated rings. The van der Waals surface area contributed by atoms with Crippen LogP contribution in [0.2, 0.25) is 5.02 Å². The van der Waals surface area contributed by atoms with Gasteiger partial charge in [0.2, 0.25) is 5.88 Å². The molecule has 0 saturated carbocycles. The monoisotopic (exact) mass is 368 g/mol. The normalized spacial score (nSPS) is 14.2. The minimum atomic E-state index is 0.436. The number of ether oxygens (including phenoxy) is 1. The highest BCUT2D eigenvalue weighted by molar-refractivity contribution is 6.30. The van der Waals surface area contributed by atoms with Gasteiger partial charge >= 0.3 is 0 Å². The van der Waals surface area contributed by atoms with E-state index in [1.54, 1.807) is 6.20 Å². The summed E-state index contributed by atoms with van der Waals surface area (Å²) in [4.78, 5) is 6.64. The van der Waals surface area contributed by atoms with Crippen LogP contribution in [0.5, 0.6) is 5.88 Å². The highest BCUT2D eigenvalue weighted by atomic mass is 35.5. The number of aryl methyl sites for hydroxylation is 1. The largest absolute Gasteiger partial charge is 0.471 e. The smallest absolute Gasteiger partial charge is 0.213 e. The van der Waals surface area contributed by atoms with Gasteiger partial charge in [-0.3, -0.25) is 9.58 Å². The Kier molecular flexibility index (Phi) is 4.91. The van der Waals surface area contributed by atoms with Gasteiger partial charge in [0.05, 0.1) is 0 Å². The molecule has 26 heavy (non-hydrogen) atoms. The lowest BCUT2D eigenvalue weighted by Gasteiger charge is -2.27. The van der Waals surface area contributed by atoms with E-state index in [0.717, 1.165) is 36.8 Å². The Bertz CT molecular complexity index is 894. The predicted molar refractivity (Wildman–Crippen MR) is 101 cm³/mol. The van der Waals surface area contributed by atoms with Crippen molar-refractivity contribution in [1.29, 1.82) is 0 Å². The van der Waals surface area contributed by atoms with Crippen LogP contribution in [-0.4, -0.2) is 26.2 Å². The standard InChI is InChI=1S/C20H21ClN4O/c1-24-19-8-10-25(12-15-5-4-6-16(21)11-15)13-17(19)18(23-24)14-26-20-7-2-3-9-22-20/h2-7,9,11H,8,10,12-14H2,1H3. The first-order valence-corrected chi connectivity index (χ1v) is 9.11. The van der Waals surface area contributed by atoms with Gasteiger partial charge in [0.15, 0.2) is 0 Å². The lowest BCUT2D eigenvalue weighted by atomic mass is 10.0. The Morgan fingerprint density at radius 2 is 2.12 bits per heavy atom. The Morgan fingerprint density at radius 3 is 2.92 bits per heavy atom. The second-order valence-corrected chi connectivity index (χ2v) is 6.98. The minimum absolute atomic E-state index is 0.436. The molecule has 0 radical (unpaired) electrons. The van der Waals surface area contributed by atoms with E-state index in [4.69, 9.17) is 16.3 Å². The summed E-state index contributed by atoms with van der Waals surface area (Å²) in [6.07, 6.45) is 2.72. The molecule has 3 aromatic rings. The fourth-order valence-corrected chi connectivity index (χ4v) is 3.66. The lowest BCUT2D eigenvalue weighted by molar-refractivity contribution is 0.238. The van der Waals surface area contributed by atoms with Crippen LogP contribution in [-0.2, 0) is 33.2 Å². The zero-order valence-corrected chi connectivity index (χ0v) is 15.5. The molecule has 0 saturated heterocycles. The van der Waals surface area contributed by atoms with Gasteiger partial charge in [-0.25, -0.2) is 4.98 Å². The van der Waals surface area contributed by atoms with E-state index >= 15 is 0 Å². The maximum atomic E-state index is 6.12. The van der Waals surface area contributed by atoms with Crippen molar-refractivity contribution in [3.63, 3.8) is 0 Å². The Labute approximate surface area is 158 Å². The zero-order valence-electron chi connectivity index (χ0n) is 14.7. The summed E-state index contributed by atoms with van der Waals surface area (Å²) < 4.78 is 7.81. The first-order chi connectivity index (χ1) is 12.7.